The van der Waals surface area contributed by atoms with E-state index in [4.69, 9.17) is 0 Å². The maximum atomic E-state index is 12.1. The average molecular weight is 240 g/mol. The molecule has 1 aliphatic rings. The number of rotatable bonds is 2. The molecule has 2 aromatic heterocycles. The summed E-state index contributed by atoms with van der Waals surface area (Å²) in [5, 5.41) is 5.15. The minimum Gasteiger partial charge on any atom is -0.271 e. The average Bonchev–Trinajstić information content (AvgIpc) is 2.83. The molecule has 2 aromatic rings. The van der Waals surface area contributed by atoms with Crippen LogP contribution in [-0.2, 0) is 4.79 Å². The highest BCUT2D eigenvalue weighted by atomic mass is 16.2. The number of amides is 1. The first-order chi connectivity index (χ1) is 8.86. The highest BCUT2D eigenvalue weighted by Gasteiger charge is 2.34. The zero-order valence-electron chi connectivity index (χ0n) is 9.21. The lowest BCUT2D eigenvalue weighted by Gasteiger charge is -2.10. The van der Waals surface area contributed by atoms with Gasteiger partial charge in [0, 0.05) is 31.0 Å². The highest BCUT2D eigenvalue weighted by molar-refractivity contribution is 6.10. The fourth-order valence-electron chi connectivity index (χ4n) is 1.58. The molecule has 3 heterocycles. The van der Waals surface area contributed by atoms with E-state index < -0.39 is 5.92 Å². The van der Waals surface area contributed by atoms with Gasteiger partial charge >= 0.3 is 0 Å². The van der Waals surface area contributed by atoms with E-state index >= 15 is 0 Å². The quantitative estimate of drug-likeness (QED) is 0.757. The van der Waals surface area contributed by atoms with Gasteiger partial charge in [-0.2, -0.15) is 10.1 Å². The van der Waals surface area contributed by atoms with Crippen LogP contribution in [0.2, 0.25) is 0 Å². The maximum absolute atomic E-state index is 12.1. The minimum atomic E-state index is -0.574. The van der Waals surface area contributed by atoms with Gasteiger partial charge in [-0.1, -0.05) is 0 Å². The number of carbonyl (C=O) groups is 1. The molecule has 0 aliphatic carbocycles. The lowest BCUT2D eigenvalue weighted by Crippen LogP contribution is -2.27. The van der Waals surface area contributed by atoms with Crippen molar-refractivity contribution in [1.82, 2.24) is 19.9 Å². The molecule has 3 rings (SSSR count). The monoisotopic (exact) mass is 240 g/mol. The Morgan fingerprint density at radius 1 is 0.944 bits per heavy atom. The van der Waals surface area contributed by atoms with Gasteiger partial charge in [0.1, 0.15) is 11.7 Å². The van der Waals surface area contributed by atoms with Gasteiger partial charge in [0.2, 0.25) is 0 Å². The van der Waals surface area contributed by atoms with Crippen molar-refractivity contribution in [3.05, 3.63) is 42.7 Å². The number of hydrogen-bond acceptors (Lipinski definition) is 6. The topological polar surface area (TPSA) is 84.2 Å². The van der Waals surface area contributed by atoms with Gasteiger partial charge in [-0.15, -0.1) is 0 Å². The van der Waals surface area contributed by atoms with Crippen LogP contribution in [0.3, 0.4) is 0 Å². The molecule has 0 radical (unpaired) electrons. The summed E-state index contributed by atoms with van der Waals surface area (Å²) in [5.74, 6) is -0.163. The van der Waals surface area contributed by atoms with Crippen molar-refractivity contribution in [2.24, 2.45) is 5.10 Å². The van der Waals surface area contributed by atoms with Gasteiger partial charge in [0.05, 0.1) is 0 Å². The summed E-state index contributed by atoms with van der Waals surface area (Å²) >= 11 is 0. The van der Waals surface area contributed by atoms with Crippen LogP contribution in [0, 0.1) is 0 Å². The van der Waals surface area contributed by atoms with Crippen LogP contribution in [-0.4, -0.2) is 32.1 Å². The summed E-state index contributed by atoms with van der Waals surface area (Å²) in [7, 11) is 0. The van der Waals surface area contributed by atoms with Crippen molar-refractivity contribution in [2.75, 3.05) is 5.01 Å². The molecule has 1 aliphatic heterocycles. The Balaban J connectivity index is 1.89. The molecule has 0 N–H and O–H groups in total. The normalized spacial score (nSPS) is 18.3. The van der Waals surface area contributed by atoms with E-state index in [1.54, 1.807) is 36.9 Å². The van der Waals surface area contributed by atoms with Crippen LogP contribution in [0.4, 0.5) is 5.95 Å². The largest absolute Gasteiger partial charge is 0.271 e. The van der Waals surface area contributed by atoms with Crippen molar-refractivity contribution in [1.29, 1.82) is 0 Å². The molecule has 1 unspecified atom stereocenters. The number of hydrogen-bond donors (Lipinski definition) is 0. The third-order valence-electron chi connectivity index (χ3n) is 2.41. The molecule has 0 aromatic carbocycles. The van der Waals surface area contributed by atoms with Gasteiger partial charge in [0.25, 0.3) is 11.9 Å². The molecule has 0 fully saturated rings. The van der Waals surface area contributed by atoms with Crippen molar-refractivity contribution < 1.29 is 4.79 Å². The predicted octanol–water partition coefficient (Wildman–Crippen LogP) is 0.383. The van der Waals surface area contributed by atoms with E-state index in [1.807, 2.05) is 0 Å². The lowest BCUT2D eigenvalue weighted by atomic mass is 10.1. The van der Waals surface area contributed by atoms with E-state index in [0.717, 1.165) is 5.01 Å². The Kier molecular flexibility index (Phi) is 2.49. The smallest absolute Gasteiger partial charge is 0.266 e. The molecule has 18 heavy (non-hydrogen) atoms. The van der Waals surface area contributed by atoms with Crippen LogP contribution >= 0.6 is 0 Å². The van der Waals surface area contributed by atoms with Gasteiger partial charge in [-0.05, 0) is 12.1 Å². The van der Waals surface area contributed by atoms with E-state index in [2.05, 4.69) is 25.0 Å². The van der Waals surface area contributed by atoms with Gasteiger partial charge in [-0.3, -0.25) is 4.79 Å². The summed E-state index contributed by atoms with van der Waals surface area (Å²) in [6.07, 6.45) is 7.78. The molecule has 0 saturated carbocycles. The number of carbonyl (C=O) groups excluding carboxylic acids is 1. The van der Waals surface area contributed by atoms with Crippen LogP contribution in [0.5, 0.6) is 0 Å². The summed E-state index contributed by atoms with van der Waals surface area (Å²) in [6.45, 7) is 0. The summed E-state index contributed by atoms with van der Waals surface area (Å²) in [6, 6.07) is 3.36. The fourth-order valence-corrected chi connectivity index (χ4v) is 1.58. The second-order valence-corrected chi connectivity index (χ2v) is 3.55. The van der Waals surface area contributed by atoms with E-state index in [9.17, 15) is 4.79 Å². The minimum absolute atomic E-state index is 0.247. The Labute approximate surface area is 102 Å². The first-order valence-electron chi connectivity index (χ1n) is 5.28. The zero-order chi connectivity index (χ0) is 12.4. The summed E-state index contributed by atoms with van der Waals surface area (Å²) < 4.78 is 0. The Morgan fingerprint density at radius 3 is 2.22 bits per heavy atom. The van der Waals surface area contributed by atoms with Gasteiger partial charge in [0.15, 0.2) is 0 Å². The second-order valence-electron chi connectivity index (χ2n) is 3.55. The molecule has 7 nitrogen and oxygen atoms in total. The number of hydrazone groups is 1. The molecule has 0 saturated heterocycles. The van der Waals surface area contributed by atoms with Crippen LogP contribution < -0.4 is 5.01 Å². The lowest BCUT2D eigenvalue weighted by molar-refractivity contribution is -0.118. The molecule has 88 valence electrons. The first kappa shape index (κ1) is 10.5. The SMILES string of the molecule is O=C1C(c2ncccn2)C=NN1c1ncccn1. The van der Waals surface area contributed by atoms with Crippen LogP contribution in [0.1, 0.15) is 11.7 Å². The van der Waals surface area contributed by atoms with Crippen molar-refractivity contribution in [3.63, 3.8) is 0 Å². The molecule has 0 bridgehead atoms. The van der Waals surface area contributed by atoms with Crippen LogP contribution in [0.25, 0.3) is 0 Å². The number of aromatic nitrogens is 4. The molecule has 0 spiro atoms. The second kappa shape index (κ2) is 4.28. The Bertz CT molecular complexity index is 533. The summed E-state index contributed by atoms with van der Waals surface area (Å²) in [4.78, 5) is 28.2. The predicted molar refractivity (Wildman–Crippen MR) is 62.8 cm³/mol. The number of anilines is 1. The maximum Gasteiger partial charge on any atom is 0.266 e. The Hall–Kier alpha value is -2.70. The van der Waals surface area contributed by atoms with Crippen molar-refractivity contribution >= 4 is 18.1 Å². The van der Waals surface area contributed by atoms with Crippen LogP contribution in [0.15, 0.2) is 42.0 Å². The number of nitrogens with zero attached hydrogens (tertiary/aromatic N) is 6. The van der Waals surface area contributed by atoms with E-state index in [1.165, 1.54) is 6.21 Å². The molecular weight excluding hydrogens is 232 g/mol. The third kappa shape index (κ3) is 1.71. The van der Waals surface area contributed by atoms with Gasteiger partial charge < -0.3 is 0 Å². The van der Waals surface area contributed by atoms with E-state index in [-0.39, 0.29) is 11.9 Å². The third-order valence-corrected chi connectivity index (χ3v) is 2.41. The van der Waals surface area contributed by atoms with Gasteiger partial charge in [-0.25, -0.2) is 19.9 Å². The van der Waals surface area contributed by atoms with Crippen molar-refractivity contribution in [2.45, 2.75) is 5.92 Å². The Morgan fingerprint density at radius 2 is 1.56 bits per heavy atom. The molecular formula is C11H8N6O. The zero-order valence-corrected chi connectivity index (χ0v) is 9.21. The van der Waals surface area contributed by atoms with E-state index in [0.29, 0.717) is 5.82 Å². The first-order valence-corrected chi connectivity index (χ1v) is 5.28. The summed E-state index contributed by atoms with van der Waals surface area (Å²) in [5.41, 5.74) is 0. The van der Waals surface area contributed by atoms with Crippen molar-refractivity contribution in [3.8, 4) is 0 Å². The fraction of sp³-hybridized carbons (Fsp3) is 0.0909. The molecule has 1 amide bonds. The highest BCUT2D eigenvalue weighted by Crippen LogP contribution is 2.21. The molecule has 1 atom stereocenters. The molecule has 7 heteroatoms. The standard InChI is InChI=1S/C11H8N6O/c18-10-8(9-12-3-1-4-13-9)7-16-17(10)11-14-5-2-6-15-11/h1-8H.